The van der Waals surface area contributed by atoms with Crippen LogP contribution in [-0.2, 0) is 0 Å². The van der Waals surface area contributed by atoms with Gasteiger partial charge < -0.3 is 10.1 Å². The maximum atomic E-state index is 6.00. The first kappa shape index (κ1) is 13.7. The largest absolute Gasteiger partial charge is 0.495 e. The summed E-state index contributed by atoms with van der Waals surface area (Å²) in [6.07, 6.45) is 0. The first-order chi connectivity index (χ1) is 8.60. The topological polar surface area (TPSA) is 21.3 Å². The fourth-order valence-electron chi connectivity index (χ4n) is 1.63. The van der Waals surface area contributed by atoms with Crippen molar-refractivity contribution in [2.24, 2.45) is 0 Å². The highest BCUT2D eigenvalue weighted by atomic mass is 79.9. The molecule has 5 heteroatoms. The third-order valence-corrected chi connectivity index (χ3v) is 4.67. The average Bonchev–Trinajstić information content (AvgIpc) is 2.78. The van der Waals surface area contributed by atoms with Gasteiger partial charge in [0.05, 0.1) is 22.0 Å². The van der Waals surface area contributed by atoms with Crippen LogP contribution in [0.1, 0.15) is 17.8 Å². The number of halogens is 2. The molecule has 0 aliphatic carbocycles. The number of hydrogen-bond acceptors (Lipinski definition) is 3. The van der Waals surface area contributed by atoms with E-state index in [2.05, 4.69) is 40.3 Å². The van der Waals surface area contributed by atoms with Crippen molar-refractivity contribution in [1.29, 1.82) is 0 Å². The van der Waals surface area contributed by atoms with Crippen molar-refractivity contribution in [3.8, 4) is 5.75 Å². The monoisotopic (exact) mass is 345 g/mol. The van der Waals surface area contributed by atoms with Gasteiger partial charge in [0, 0.05) is 16.6 Å². The van der Waals surface area contributed by atoms with Crippen molar-refractivity contribution >= 4 is 44.6 Å². The van der Waals surface area contributed by atoms with Crippen LogP contribution in [0.25, 0.3) is 0 Å². The van der Waals surface area contributed by atoms with E-state index in [9.17, 15) is 0 Å². The predicted molar refractivity (Wildman–Crippen MR) is 82.1 cm³/mol. The van der Waals surface area contributed by atoms with Gasteiger partial charge in [0.2, 0.25) is 0 Å². The summed E-state index contributed by atoms with van der Waals surface area (Å²) in [5.74, 6) is 0.682. The summed E-state index contributed by atoms with van der Waals surface area (Å²) in [5.41, 5.74) is 0.994. The second kappa shape index (κ2) is 5.95. The average molecular weight is 347 g/mol. The van der Waals surface area contributed by atoms with Crippen LogP contribution in [0.2, 0.25) is 5.02 Å². The molecule has 1 unspecified atom stereocenters. The lowest BCUT2D eigenvalue weighted by Crippen LogP contribution is -2.04. The van der Waals surface area contributed by atoms with Crippen molar-refractivity contribution < 1.29 is 4.74 Å². The van der Waals surface area contributed by atoms with E-state index in [0.717, 1.165) is 9.47 Å². The molecule has 0 spiro atoms. The molecule has 0 bridgehead atoms. The zero-order valence-corrected chi connectivity index (χ0v) is 13.2. The fraction of sp³-hybridized carbons (Fsp3) is 0.231. The quantitative estimate of drug-likeness (QED) is 0.806. The molecular formula is C13H13BrClNOS. The molecule has 0 radical (unpaired) electrons. The van der Waals surface area contributed by atoms with Gasteiger partial charge in [-0.25, -0.2) is 0 Å². The molecule has 1 heterocycles. The normalized spacial score (nSPS) is 12.2. The van der Waals surface area contributed by atoms with E-state index in [1.54, 1.807) is 18.4 Å². The number of methoxy groups -OCH3 is 1. The van der Waals surface area contributed by atoms with Crippen molar-refractivity contribution in [3.05, 3.63) is 44.0 Å². The zero-order chi connectivity index (χ0) is 13.1. The van der Waals surface area contributed by atoms with Crippen LogP contribution in [0.3, 0.4) is 0 Å². The predicted octanol–water partition coefficient (Wildman–Crippen LogP) is 5.35. The molecule has 2 nitrogen and oxygen atoms in total. The highest BCUT2D eigenvalue weighted by Gasteiger charge is 2.09. The van der Waals surface area contributed by atoms with Gasteiger partial charge in [-0.05, 0) is 47.1 Å². The molecule has 0 saturated carbocycles. The van der Waals surface area contributed by atoms with E-state index in [1.807, 2.05) is 18.2 Å². The molecular weight excluding hydrogens is 334 g/mol. The molecule has 0 aliphatic rings. The van der Waals surface area contributed by atoms with Gasteiger partial charge in [0.15, 0.2) is 0 Å². The number of hydrogen-bond donors (Lipinski definition) is 1. The Hall–Kier alpha value is -0.710. The Labute approximate surface area is 124 Å². The van der Waals surface area contributed by atoms with E-state index < -0.39 is 0 Å². The van der Waals surface area contributed by atoms with E-state index in [1.165, 1.54) is 4.88 Å². The van der Waals surface area contributed by atoms with Gasteiger partial charge in [-0.1, -0.05) is 11.6 Å². The van der Waals surface area contributed by atoms with Gasteiger partial charge in [-0.15, -0.1) is 11.3 Å². The van der Waals surface area contributed by atoms with Crippen LogP contribution >= 0.6 is 38.9 Å². The van der Waals surface area contributed by atoms with E-state index in [0.29, 0.717) is 10.8 Å². The lowest BCUT2D eigenvalue weighted by Gasteiger charge is -2.14. The van der Waals surface area contributed by atoms with E-state index in [4.69, 9.17) is 16.3 Å². The van der Waals surface area contributed by atoms with Gasteiger partial charge in [0.1, 0.15) is 5.75 Å². The van der Waals surface area contributed by atoms with Crippen LogP contribution in [-0.4, -0.2) is 7.11 Å². The second-order valence-electron chi connectivity index (χ2n) is 3.86. The third kappa shape index (κ3) is 3.19. The lowest BCUT2D eigenvalue weighted by atomic mass is 10.2. The zero-order valence-electron chi connectivity index (χ0n) is 10.0. The Balaban J connectivity index is 2.14. The summed E-state index contributed by atoms with van der Waals surface area (Å²) >= 11 is 11.2. The Morgan fingerprint density at radius 1 is 1.33 bits per heavy atom. The highest BCUT2D eigenvalue weighted by molar-refractivity contribution is 9.11. The van der Waals surface area contributed by atoms with Gasteiger partial charge in [-0.3, -0.25) is 0 Å². The molecule has 1 aromatic heterocycles. The van der Waals surface area contributed by atoms with Crippen molar-refractivity contribution in [1.82, 2.24) is 0 Å². The van der Waals surface area contributed by atoms with Crippen LogP contribution in [0.5, 0.6) is 5.75 Å². The van der Waals surface area contributed by atoms with Gasteiger partial charge in [-0.2, -0.15) is 0 Å². The van der Waals surface area contributed by atoms with Crippen LogP contribution in [0.15, 0.2) is 34.1 Å². The van der Waals surface area contributed by atoms with Crippen molar-refractivity contribution in [2.75, 3.05) is 12.4 Å². The van der Waals surface area contributed by atoms with Gasteiger partial charge >= 0.3 is 0 Å². The molecule has 0 aliphatic heterocycles. The molecule has 1 aromatic carbocycles. The fourth-order valence-corrected chi connectivity index (χ4v) is 3.25. The lowest BCUT2D eigenvalue weighted by molar-refractivity contribution is 0.415. The minimum Gasteiger partial charge on any atom is -0.495 e. The standard InChI is InChI=1S/C13H13BrClNOS/c1-8(12-5-6-13(14)18-12)16-9-3-4-10(15)11(7-9)17-2/h3-8,16H,1-2H3. The number of thiophene rings is 1. The summed E-state index contributed by atoms with van der Waals surface area (Å²) in [6.45, 7) is 2.12. The summed E-state index contributed by atoms with van der Waals surface area (Å²) in [7, 11) is 1.62. The third-order valence-electron chi connectivity index (χ3n) is 2.56. The SMILES string of the molecule is COc1cc(NC(C)c2ccc(Br)s2)ccc1Cl. The van der Waals surface area contributed by atoms with Crippen LogP contribution < -0.4 is 10.1 Å². The summed E-state index contributed by atoms with van der Waals surface area (Å²) in [6, 6.07) is 10.1. The van der Waals surface area contributed by atoms with E-state index in [-0.39, 0.29) is 6.04 Å². The molecule has 1 atom stereocenters. The minimum absolute atomic E-state index is 0.243. The smallest absolute Gasteiger partial charge is 0.139 e. The van der Waals surface area contributed by atoms with Crippen molar-refractivity contribution in [3.63, 3.8) is 0 Å². The molecule has 0 saturated heterocycles. The Bertz CT molecular complexity index is 544. The Morgan fingerprint density at radius 2 is 2.11 bits per heavy atom. The maximum absolute atomic E-state index is 6.00. The summed E-state index contributed by atoms with van der Waals surface area (Å²) < 4.78 is 6.34. The number of ether oxygens (including phenoxy) is 1. The van der Waals surface area contributed by atoms with Crippen LogP contribution in [0.4, 0.5) is 5.69 Å². The number of anilines is 1. The first-order valence-corrected chi connectivity index (χ1v) is 7.44. The molecule has 18 heavy (non-hydrogen) atoms. The highest BCUT2D eigenvalue weighted by Crippen LogP contribution is 2.32. The molecule has 0 amide bonds. The Kier molecular flexibility index (Phi) is 4.54. The van der Waals surface area contributed by atoms with E-state index >= 15 is 0 Å². The second-order valence-corrected chi connectivity index (χ2v) is 6.76. The molecule has 2 aromatic rings. The number of rotatable bonds is 4. The minimum atomic E-state index is 0.243. The molecule has 2 rings (SSSR count). The molecule has 0 fully saturated rings. The number of nitrogens with one attached hydrogen (secondary N) is 1. The van der Waals surface area contributed by atoms with Gasteiger partial charge in [0.25, 0.3) is 0 Å². The summed E-state index contributed by atoms with van der Waals surface area (Å²) in [5, 5.41) is 4.04. The van der Waals surface area contributed by atoms with Crippen LogP contribution in [0, 0.1) is 0 Å². The molecule has 1 N–H and O–H groups in total. The van der Waals surface area contributed by atoms with Crippen molar-refractivity contribution in [2.45, 2.75) is 13.0 Å². The number of benzene rings is 1. The summed E-state index contributed by atoms with van der Waals surface area (Å²) in [4.78, 5) is 1.27. The molecule has 96 valence electrons. The Morgan fingerprint density at radius 3 is 2.72 bits per heavy atom. The first-order valence-electron chi connectivity index (χ1n) is 5.45. The maximum Gasteiger partial charge on any atom is 0.139 e.